The molecule has 0 spiro atoms. The standard InChI is InChI=1S/C15H23N3O.C7H8O3S/c1-3-4-5-6-7-8-11-16-17-15(19)14-10-9-12-18(2)13-14;1-6-2-4-7(5-3-6)11(8,9)10/h9-13H,3-8H2,1-2H3;2-5H,1H3,(H,8,9,10)/b16-11+;. The van der Waals surface area contributed by atoms with Gasteiger partial charge in [-0.1, -0.05) is 50.3 Å². The fourth-order valence-electron chi connectivity index (χ4n) is 2.50. The number of pyridine rings is 1. The highest BCUT2D eigenvalue weighted by Gasteiger charge is 2.07. The van der Waals surface area contributed by atoms with Crippen LogP contribution in [0, 0.1) is 6.92 Å². The first-order valence-electron chi connectivity index (χ1n) is 10.0. The minimum absolute atomic E-state index is 0.168. The van der Waals surface area contributed by atoms with E-state index >= 15 is 0 Å². The summed E-state index contributed by atoms with van der Waals surface area (Å²) in [5.74, 6) is -0.168. The molecule has 0 radical (unpaired) electrons. The largest absolute Gasteiger partial charge is 0.744 e. The van der Waals surface area contributed by atoms with Crippen molar-refractivity contribution in [3.63, 3.8) is 0 Å². The molecule has 2 aromatic rings. The number of nitrogens with one attached hydrogen (secondary N) is 1. The van der Waals surface area contributed by atoms with Crippen LogP contribution in [0.15, 0.2) is 58.8 Å². The number of rotatable bonds is 9. The van der Waals surface area contributed by atoms with Gasteiger partial charge in [0, 0.05) is 12.3 Å². The van der Waals surface area contributed by atoms with E-state index in [1.165, 1.54) is 37.8 Å². The zero-order valence-corrected chi connectivity index (χ0v) is 18.7. The molecule has 164 valence electrons. The monoisotopic (exact) mass is 433 g/mol. The Morgan fingerprint density at radius 3 is 2.40 bits per heavy atom. The molecular weight excluding hydrogens is 402 g/mol. The topological polar surface area (TPSA) is 103 Å². The molecule has 0 saturated heterocycles. The average molecular weight is 434 g/mol. The van der Waals surface area contributed by atoms with Crippen LogP contribution >= 0.6 is 0 Å². The van der Waals surface area contributed by atoms with Crippen LogP contribution in [0.4, 0.5) is 0 Å². The molecular formula is C22H31N3O4S. The summed E-state index contributed by atoms with van der Waals surface area (Å²) >= 11 is 0. The third-order valence-corrected chi connectivity index (χ3v) is 5.06. The quantitative estimate of drug-likeness (QED) is 0.215. The smallest absolute Gasteiger partial charge is 0.277 e. The minimum Gasteiger partial charge on any atom is -0.744 e. The van der Waals surface area contributed by atoms with Gasteiger partial charge in [0.15, 0.2) is 12.4 Å². The highest BCUT2D eigenvalue weighted by molar-refractivity contribution is 7.85. The predicted molar refractivity (Wildman–Crippen MR) is 116 cm³/mol. The Morgan fingerprint density at radius 1 is 1.13 bits per heavy atom. The molecule has 0 saturated carbocycles. The first kappa shape index (κ1) is 25.5. The summed E-state index contributed by atoms with van der Waals surface area (Å²) in [7, 11) is -2.38. The van der Waals surface area contributed by atoms with Gasteiger partial charge in [-0.25, -0.2) is 18.4 Å². The van der Waals surface area contributed by atoms with E-state index in [4.69, 9.17) is 0 Å². The van der Waals surface area contributed by atoms with Crippen molar-refractivity contribution in [2.75, 3.05) is 0 Å². The van der Waals surface area contributed by atoms with Crippen LogP contribution in [0.2, 0.25) is 0 Å². The lowest BCUT2D eigenvalue weighted by molar-refractivity contribution is -0.671. The highest BCUT2D eigenvalue weighted by Crippen LogP contribution is 2.08. The number of nitrogens with zero attached hydrogens (tertiary/aromatic N) is 2. The van der Waals surface area contributed by atoms with E-state index in [9.17, 15) is 17.8 Å². The Kier molecular flexibility index (Phi) is 11.5. The van der Waals surface area contributed by atoms with Crippen molar-refractivity contribution in [1.29, 1.82) is 0 Å². The molecule has 0 atom stereocenters. The number of aromatic nitrogens is 1. The number of unbranched alkanes of at least 4 members (excludes halogenated alkanes) is 5. The van der Waals surface area contributed by atoms with Gasteiger partial charge in [-0.15, -0.1) is 0 Å². The van der Waals surface area contributed by atoms with E-state index in [1.54, 1.807) is 30.6 Å². The molecule has 0 fully saturated rings. The Labute approximate surface area is 179 Å². The lowest BCUT2D eigenvalue weighted by Crippen LogP contribution is -2.29. The van der Waals surface area contributed by atoms with Crippen LogP contribution in [0.25, 0.3) is 0 Å². The lowest BCUT2D eigenvalue weighted by atomic mass is 10.1. The zero-order chi connectivity index (χ0) is 22.4. The van der Waals surface area contributed by atoms with Crippen molar-refractivity contribution in [2.24, 2.45) is 12.1 Å². The molecule has 0 aliphatic rings. The third-order valence-electron chi connectivity index (χ3n) is 4.21. The molecule has 0 aliphatic heterocycles. The predicted octanol–water partition coefficient (Wildman–Crippen LogP) is 3.49. The van der Waals surface area contributed by atoms with E-state index in [1.807, 2.05) is 30.8 Å². The van der Waals surface area contributed by atoms with Crippen LogP contribution in [0.3, 0.4) is 0 Å². The van der Waals surface area contributed by atoms with Crippen LogP contribution in [-0.4, -0.2) is 25.1 Å². The van der Waals surface area contributed by atoms with Crippen molar-refractivity contribution >= 4 is 22.2 Å². The molecule has 30 heavy (non-hydrogen) atoms. The molecule has 0 bridgehead atoms. The second-order valence-corrected chi connectivity index (χ2v) is 8.36. The van der Waals surface area contributed by atoms with Crippen LogP contribution < -0.4 is 9.99 Å². The van der Waals surface area contributed by atoms with E-state index in [-0.39, 0.29) is 10.8 Å². The zero-order valence-electron chi connectivity index (χ0n) is 17.9. The third kappa shape index (κ3) is 10.8. The van der Waals surface area contributed by atoms with E-state index in [0.717, 1.165) is 18.4 Å². The average Bonchev–Trinajstić information content (AvgIpc) is 2.70. The Morgan fingerprint density at radius 2 is 1.80 bits per heavy atom. The Bertz CT molecular complexity index is 910. The Balaban J connectivity index is 0.000000346. The molecule has 1 aromatic heterocycles. The first-order valence-corrected chi connectivity index (χ1v) is 11.4. The second-order valence-electron chi connectivity index (χ2n) is 6.98. The van der Waals surface area contributed by atoms with Crippen molar-refractivity contribution in [2.45, 2.75) is 57.3 Å². The van der Waals surface area contributed by atoms with Gasteiger partial charge >= 0.3 is 0 Å². The van der Waals surface area contributed by atoms with Crippen molar-refractivity contribution < 1.29 is 22.3 Å². The number of carbonyl (C=O) groups is 1. The molecule has 1 amide bonds. The van der Waals surface area contributed by atoms with E-state index < -0.39 is 10.1 Å². The fraction of sp³-hybridized carbons (Fsp3) is 0.409. The van der Waals surface area contributed by atoms with E-state index in [2.05, 4.69) is 17.5 Å². The maximum absolute atomic E-state index is 11.7. The van der Waals surface area contributed by atoms with Gasteiger partial charge in [0.1, 0.15) is 22.7 Å². The summed E-state index contributed by atoms with van der Waals surface area (Å²) in [5, 5.41) is 3.96. The number of amides is 1. The number of benzene rings is 1. The van der Waals surface area contributed by atoms with Crippen LogP contribution in [0.1, 0.15) is 61.4 Å². The summed E-state index contributed by atoms with van der Waals surface area (Å²) in [6.07, 6.45) is 12.6. The van der Waals surface area contributed by atoms with Gasteiger partial charge in [-0.3, -0.25) is 4.79 Å². The van der Waals surface area contributed by atoms with Crippen molar-refractivity contribution in [3.05, 3.63) is 59.9 Å². The summed E-state index contributed by atoms with van der Waals surface area (Å²) < 4.78 is 33.0. The van der Waals surface area contributed by atoms with Gasteiger partial charge in [0.25, 0.3) is 5.91 Å². The molecule has 2 rings (SSSR count). The normalized spacial score (nSPS) is 11.1. The van der Waals surface area contributed by atoms with Gasteiger partial charge in [-0.2, -0.15) is 5.10 Å². The summed E-state index contributed by atoms with van der Waals surface area (Å²) in [6, 6.07) is 9.40. The lowest BCUT2D eigenvalue weighted by Gasteiger charge is -2.05. The molecule has 0 unspecified atom stereocenters. The maximum Gasteiger partial charge on any atom is 0.277 e. The summed E-state index contributed by atoms with van der Waals surface area (Å²) in [4.78, 5) is 11.6. The second kappa shape index (κ2) is 13.6. The van der Waals surface area contributed by atoms with Crippen molar-refractivity contribution in [1.82, 2.24) is 5.43 Å². The van der Waals surface area contributed by atoms with Gasteiger partial charge < -0.3 is 4.55 Å². The number of aryl methyl sites for hydroxylation is 2. The molecule has 1 aromatic carbocycles. The van der Waals surface area contributed by atoms with Gasteiger partial charge in [0.2, 0.25) is 0 Å². The minimum atomic E-state index is -4.27. The number of carbonyl (C=O) groups excluding carboxylic acids is 1. The molecule has 7 nitrogen and oxygen atoms in total. The van der Waals surface area contributed by atoms with Gasteiger partial charge in [0.05, 0.1) is 4.90 Å². The summed E-state index contributed by atoms with van der Waals surface area (Å²) in [6.45, 7) is 4.03. The molecule has 1 N–H and O–H groups in total. The van der Waals surface area contributed by atoms with Gasteiger partial charge in [-0.05, 0) is 38.0 Å². The fourth-order valence-corrected chi connectivity index (χ4v) is 2.97. The van der Waals surface area contributed by atoms with E-state index in [0.29, 0.717) is 5.56 Å². The molecule has 1 heterocycles. The van der Waals surface area contributed by atoms with Crippen LogP contribution in [0.5, 0.6) is 0 Å². The Hall–Kier alpha value is -2.58. The summed E-state index contributed by atoms with van der Waals surface area (Å²) in [5.41, 5.74) is 4.09. The number of hydrogen-bond donors (Lipinski definition) is 1. The number of hydrazone groups is 1. The number of hydrogen-bond acceptors (Lipinski definition) is 5. The molecule has 8 heteroatoms. The van der Waals surface area contributed by atoms with Crippen molar-refractivity contribution in [3.8, 4) is 0 Å². The maximum atomic E-state index is 11.7. The first-order chi connectivity index (χ1) is 14.2. The SMILES string of the molecule is CCCCCCC/C=N/NC(=O)c1ccc[n+](C)c1.Cc1ccc(S(=O)(=O)[O-])cc1. The highest BCUT2D eigenvalue weighted by atomic mass is 32.2. The molecule has 0 aliphatic carbocycles. The van der Waals surface area contributed by atoms with Crippen LogP contribution in [-0.2, 0) is 17.2 Å².